The molecule has 1 atom stereocenters. The summed E-state index contributed by atoms with van der Waals surface area (Å²) < 4.78 is 11.8. The molecule has 8 nitrogen and oxygen atoms in total. The smallest absolute Gasteiger partial charge is 0.270 e. The van der Waals surface area contributed by atoms with Crippen LogP contribution in [0.15, 0.2) is 66.9 Å². The highest BCUT2D eigenvalue weighted by atomic mass is 16.5. The average molecular weight is 525 g/mol. The maximum absolute atomic E-state index is 13.3. The number of fused-ring (bicyclic) bond motifs is 1. The normalized spacial score (nSPS) is 17.4. The topological polar surface area (TPSA) is 84.0 Å². The molecular formula is C31H32N4O4. The molecule has 2 aromatic carbocycles. The summed E-state index contributed by atoms with van der Waals surface area (Å²) in [6.07, 6.45) is 3.90. The number of rotatable bonds is 5. The van der Waals surface area contributed by atoms with E-state index in [0.717, 1.165) is 18.7 Å². The molecule has 1 N–H and O–H groups in total. The van der Waals surface area contributed by atoms with Crippen molar-refractivity contribution in [2.24, 2.45) is 0 Å². The number of carbonyl (C=O) groups is 2. The van der Waals surface area contributed by atoms with Gasteiger partial charge in [-0.1, -0.05) is 30.0 Å². The number of nitrogens with zero attached hydrogens (tertiary/aromatic N) is 3. The van der Waals surface area contributed by atoms with Crippen LogP contribution in [-0.4, -0.2) is 60.0 Å². The third-order valence-corrected chi connectivity index (χ3v) is 7.01. The van der Waals surface area contributed by atoms with Gasteiger partial charge in [-0.25, -0.2) is 0 Å². The molecule has 0 radical (unpaired) electrons. The summed E-state index contributed by atoms with van der Waals surface area (Å²) in [5, 5.41) is 2.77. The van der Waals surface area contributed by atoms with Crippen molar-refractivity contribution < 1.29 is 19.1 Å². The Labute approximate surface area is 228 Å². The zero-order valence-electron chi connectivity index (χ0n) is 22.4. The molecule has 5 rings (SSSR count). The highest BCUT2D eigenvalue weighted by Crippen LogP contribution is 2.32. The molecule has 1 fully saturated rings. The van der Waals surface area contributed by atoms with Crippen molar-refractivity contribution in [3.63, 3.8) is 0 Å². The molecule has 2 aliphatic heterocycles. The van der Waals surface area contributed by atoms with Gasteiger partial charge in [-0.05, 0) is 76.2 Å². The van der Waals surface area contributed by atoms with E-state index in [1.807, 2.05) is 48.5 Å². The number of benzene rings is 2. The summed E-state index contributed by atoms with van der Waals surface area (Å²) in [6, 6.07) is 17.1. The molecule has 2 amide bonds. The van der Waals surface area contributed by atoms with Crippen LogP contribution in [0.4, 0.5) is 5.69 Å². The van der Waals surface area contributed by atoms with Gasteiger partial charge < -0.3 is 19.7 Å². The first-order valence-corrected chi connectivity index (χ1v) is 13.1. The van der Waals surface area contributed by atoms with Gasteiger partial charge in [0.15, 0.2) is 0 Å². The lowest BCUT2D eigenvalue weighted by molar-refractivity contribution is -0.120. The van der Waals surface area contributed by atoms with Gasteiger partial charge in [0.05, 0.1) is 11.2 Å². The summed E-state index contributed by atoms with van der Waals surface area (Å²) in [5.74, 6) is 7.56. The lowest BCUT2D eigenvalue weighted by atomic mass is 10.0. The van der Waals surface area contributed by atoms with Gasteiger partial charge in [0, 0.05) is 24.9 Å². The van der Waals surface area contributed by atoms with Gasteiger partial charge in [-0.3, -0.25) is 19.5 Å². The van der Waals surface area contributed by atoms with Crippen LogP contribution in [-0.2, 0) is 4.79 Å². The second-order valence-corrected chi connectivity index (χ2v) is 10.2. The van der Waals surface area contributed by atoms with Crippen molar-refractivity contribution in [2.75, 3.05) is 31.6 Å². The molecule has 0 saturated carbocycles. The van der Waals surface area contributed by atoms with Gasteiger partial charge in [0.2, 0.25) is 0 Å². The zero-order valence-corrected chi connectivity index (χ0v) is 22.4. The Morgan fingerprint density at radius 2 is 1.85 bits per heavy atom. The predicted molar refractivity (Wildman–Crippen MR) is 149 cm³/mol. The van der Waals surface area contributed by atoms with Crippen LogP contribution in [0.3, 0.4) is 0 Å². The number of amides is 2. The summed E-state index contributed by atoms with van der Waals surface area (Å²) in [4.78, 5) is 34.4. The van der Waals surface area contributed by atoms with Gasteiger partial charge >= 0.3 is 0 Å². The largest absolute Gasteiger partial charge is 0.489 e. The zero-order chi connectivity index (χ0) is 27.4. The van der Waals surface area contributed by atoms with Crippen LogP contribution < -0.4 is 19.7 Å². The summed E-state index contributed by atoms with van der Waals surface area (Å²) in [7, 11) is 1.67. The Morgan fingerprint density at radius 3 is 2.62 bits per heavy atom. The maximum Gasteiger partial charge on any atom is 0.270 e. The molecule has 0 aliphatic carbocycles. The predicted octanol–water partition coefficient (Wildman–Crippen LogP) is 4.25. The molecule has 0 spiro atoms. The lowest BCUT2D eigenvalue weighted by Gasteiger charge is -2.30. The van der Waals surface area contributed by atoms with E-state index >= 15 is 0 Å². The van der Waals surface area contributed by atoms with E-state index in [-0.39, 0.29) is 23.7 Å². The average Bonchev–Trinajstić information content (AvgIpc) is 3.47. The number of nitrogens with one attached hydrogen (secondary N) is 1. The Hall–Kier alpha value is -4.35. The van der Waals surface area contributed by atoms with Gasteiger partial charge in [-0.15, -0.1) is 0 Å². The van der Waals surface area contributed by atoms with Gasteiger partial charge in [0.1, 0.15) is 35.6 Å². The third kappa shape index (κ3) is 6.05. The standard InChI is InChI=1S/C31H32N4O4/c1-31(2,35-17-7-8-18-35)15-13-22-11-12-28-27(19-22)34(3)30(37)26(21-38-28)33-29(36)25-20-24(14-16-32-25)39-23-9-5-4-6-10-23/h4-6,9-12,14,16,19-20,26H,7-8,17-18,21H2,1-3H3,(H,33,36)/t26-/m0/s1. The van der Waals surface area contributed by atoms with Crippen LogP contribution >= 0.6 is 0 Å². The number of hydrogen-bond acceptors (Lipinski definition) is 6. The van der Waals surface area contributed by atoms with E-state index in [2.05, 4.69) is 40.9 Å². The van der Waals surface area contributed by atoms with Gasteiger partial charge in [-0.2, -0.15) is 0 Å². The fraction of sp³-hybridized carbons (Fsp3) is 0.323. The first-order chi connectivity index (χ1) is 18.8. The van der Waals surface area contributed by atoms with Crippen molar-refractivity contribution >= 4 is 17.5 Å². The Bertz CT molecular complexity index is 1420. The third-order valence-electron chi connectivity index (χ3n) is 7.01. The fourth-order valence-electron chi connectivity index (χ4n) is 4.72. The van der Waals surface area contributed by atoms with E-state index in [1.54, 1.807) is 13.1 Å². The molecule has 1 saturated heterocycles. The monoisotopic (exact) mass is 524 g/mol. The minimum Gasteiger partial charge on any atom is -0.489 e. The molecule has 0 bridgehead atoms. The Kier molecular flexibility index (Phi) is 7.53. The summed E-state index contributed by atoms with van der Waals surface area (Å²) in [5.41, 5.74) is 1.32. The number of likely N-dealkylation sites (N-methyl/N-ethyl adjacent to an activating group) is 1. The Balaban J connectivity index is 1.28. The molecule has 1 aromatic heterocycles. The second kappa shape index (κ2) is 11.2. The number of anilines is 1. The molecule has 2 aliphatic rings. The van der Waals surface area contributed by atoms with Crippen LogP contribution in [0.1, 0.15) is 42.7 Å². The number of likely N-dealkylation sites (tertiary alicyclic amines) is 1. The van der Waals surface area contributed by atoms with Crippen molar-refractivity contribution in [3.05, 3.63) is 78.1 Å². The van der Waals surface area contributed by atoms with Crippen LogP contribution in [0.25, 0.3) is 0 Å². The number of ether oxygens (including phenoxy) is 2. The summed E-state index contributed by atoms with van der Waals surface area (Å²) >= 11 is 0. The van der Waals surface area contributed by atoms with Crippen LogP contribution in [0, 0.1) is 11.8 Å². The van der Waals surface area contributed by atoms with Crippen LogP contribution in [0.5, 0.6) is 17.2 Å². The molecule has 39 heavy (non-hydrogen) atoms. The van der Waals surface area contributed by atoms with Gasteiger partial charge in [0.25, 0.3) is 11.8 Å². The quantitative estimate of drug-likeness (QED) is 0.503. The second-order valence-electron chi connectivity index (χ2n) is 10.2. The van der Waals surface area contributed by atoms with Crippen molar-refractivity contribution in [1.82, 2.24) is 15.2 Å². The number of pyridine rings is 1. The molecule has 200 valence electrons. The van der Waals surface area contributed by atoms with E-state index < -0.39 is 11.9 Å². The SMILES string of the molecule is CN1C(=O)[C@@H](NC(=O)c2cc(Oc3ccccc3)ccn2)COc2ccc(C#CC(C)(C)N3CCCC3)cc21. The highest BCUT2D eigenvalue weighted by molar-refractivity contribution is 6.03. The minimum absolute atomic E-state index is 0.00483. The van der Waals surface area contributed by atoms with E-state index in [0.29, 0.717) is 22.9 Å². The summed E-state index contributed by atoms with van der Waals surface area (Å²) in [6.45, 7) is 6.39. The molecule has 0 unspecified atom stereocenters. The number of carbonyl (C=O) groups excluding carboxylic acids is 2. The number of para-hydroxylation sites is 1. The lowest BCUT2D eigenvalue weighted by Crippen LogP contribution is -2.49. The van der Waals surface area contributed by atoms with Crippen molar-refractivity contribution in [3.8, 4) is 29.1 Å². The van der Waals surface area contributed by atoms with Crippen molar-refractivity contribution in [2.45, 2.75) is 38.3 Å². The van der Waals surface area contributed by atoms with E-state index in [9.17, 15) is 9.59 Å². The first kappa shape index (κ1) is 26.3. The Morgan fingerprint density at radius 1 is 1.08 bits per heavy atom. The molecule has 8 heteroatoms. The molecule has 3 heterocycles. The molecule has 3 aromatic rings. The first-order valence-electron chi connectivity index (χ1n) is 13.1. The van der Waals surface area contributed by atoms with Crippen molar-refractivity contribution in [1.29, 1.82) is 0 Å². The fourth-order valence-corrected chi connectivity index (χ4v) is 4.72. The minimum atomic E-state index is -0.890. The number of aromatic nitrogens is 1. The van der Waals surface area contributed by atoms with E-state index in [1.165, 1.54) is 30.0 Å². The van der Waals surface area contributed by atoms with E-state index in [4.69, 9.17) is 9.47 Å². The highest BCUT2D eigenvalue weighted by Gasteiger charge is 2.31. The number of hydrogen-bond donors (Lipinski definition) is 1. The molecular weight excluding hydrogens is 492 g/mol. The maximum atomic E-state index is 13.3. The van der Waals surface area contributed by atoms with Crippen LogP contribution in [0.2, 0.25) is 0 Å².